The summed E-state index contributed by atoms with van der Waals surface area (Å²) in [7, 11) is 2.13. The van der Waals surface area contributed by atoms with Crippen molar-refractivity contribution >= 4 is 0 Å². The third-order valence-corrected chi connectivity index (χ3v) is 4.86. The minimum atomic E-state index is -0.0421. The number of hydrogen-bond acceptors (Lipinski definition) is 6. The molecule has 0 aromatic carbocycles. The van der Waals surface area contributed by atoms with E-state index in [4.69, 9.17) is 5.26 Å². The molecule has 24 heavy (non-hydrogen) atoms. The molecule has 0 N–H and O–H groups in total. The van der Waals surface area contributed by atoms with Crippen LogP contribution < -0.4 is 0 Å². The van der Waals surface area contributed by atoms with Gasteiger partial charge in [0.15, 0.2) is 0 Å². The molecular formula is C17H27N7. The minimum absolute atomic E-state index is 0.0421. The zero-order valence-corrected chi connectivity index (χ0v) is 14.9. The van der Waals surface area contributed by atoms with Gasteiger partial charge in [0.05, 0.1) is 24.6 Å². The molecule has 0 spiro atoms. The molecule has 0 amide bonds. The van der Waals surface area contributed by atoms with Gasteiger partial charge in [-0.1, -0.05) is 0 Å². The van der Waals surface area contributed by atoms with E-state index < -0.39 is 0 Å². The van der Waals surface area contributed by atoms with Crippen molar-refractivity contribution in [1.29, 1.82) is 10.5 Å². The molecular weight excluding hydrogens is 302 g/mol. The minimum Gasteiger partial charge on any atom is -0.314 e. The monoisotopic (exact) mass is 329 g/mol. The van der Waals surface area contributed by atoms with E-state index in [-0.39, 0.29) is 5.92 Å². The molecule has 0 bridgehead atoms. The largest absolute Gasteiger partial charge is 0.314 e. The average Bonchev–Trinajstić information content (AvgIpc) is 3.18. The lowest BCUT2D eigenvalue weighted by Gasteiger charge is -2.25. The molecule has 130 valence electrons. The topological polar surface area (TPSA) is 84.8 Å². The molecule has 0 radical (unpaired) electrons. The van der Waals surface area contributed by atoms with Crippen LogP contribution in [-0.2, 0) is 13.1 Å². The van der Waals surface area contributed by atoms with E-state index >= 15 is 0 Å². The molecule has 1 saturated heterocycles. The van der Waals surface area contributed by atoms with Crippen LogP contribution in [0.2, 0.25) is 0 Å². The Morgan fingerprint density at radius 3 is 2.83 bits per heavy atom. The highest BCUT2D eigenvalue weighted by Gasteiger charge is 2.28. The van der Waals surface area contributed by atoms with Crippen molar-refractivity contribution in [2.75, 3.05) is 26.7 Å². The lowest BCUT2D eigenvalue weighted by molar-refractivity contribution is 0.212. The first-order valence-corrected chi connectivity index (χ1v) is 8.66. The van der Waals surface area contributed by atoms with E-state index in [0.29, 0.717) is 18.9 Å². The molecule has 2 heterocycles. The highest BCUT2D eigenvalue weighted by atomic mass is 15.3. The van der Waals surface area contributed by atoms with Crippen molar-refractivity contribution in [2.24, 2.45) is 5.92 Å². The summed E-state index contributed by atoms with van der Waals surface area (Å²) in [5, 5.41) is 26.4. The van der Waals surface area contributed by atoms with Crippen LogP contribution in [0, 0.1) is 35.5 Å². The fourth-order valence-corrected chi connectivity index (χ4v) is 3.39. The van der Waals surface area contributed by atoms with Gasteiger partial charge >= 0.3 is 0 Å². The number of likely N-dealkylation sites (N-methyl/N-ethyl adjacent to an activating group) is 1. The summed E-state index contributed by atoms with van der Waals surface area (Å²) in [6.07, 6.45) is 2.23. The van der Waals surface area contributed by atoms with Crippen LogP contribution in [0.5, 0.6) is 0 Å². The molecule has 1 fully saturated rings. The number of nitriles is 2. The van der Waals surface area contributed by atoms with Gasteiger partial charge in [-0.05, 0) is 40.3 Å². The van der Waals surface area contributed by atoms with Gasteiger partial charge in [-0.15, -0.1) is 10.2 Å². The lowest BCUT2D eigenvalue weighted by Crippen LogP contribution is -2.36. The van der Waals surface area contributed by atoms with Crippen LogP contribution in [0.25, 0.3) is 0 Å². The van der Waals surface area contributed by atoms with Crippen LogP contribution in [0.15, 0.2) is 0 Å². The molecule has 7 nitrogen and oxygen atoms in total. The lowest BCUT2D eigenvalue weighted by atomic mass is 10.1. The average molecular weight is 329 g/mol. The van der Waals surface area contributed by atoms with Gasteiger partial charge in [-0.3, -0.25) is 4.90 Å². The van der Waals surface area contributed by atoms with Gasteiger partial charge in [0.25, 0.3) is 0 Å². The van der Waals surface area contributed by atoms with Crippen molar-refractivity contribution in [3.05, 3.63) is 11.6 Å². The van der Waals surface area contributed by atoms with E-state index in [0.717, 1.165) is 50.8 Å². The summed E-state index contributed by atoms with van der Waals surface area (Å²) in [5.41, 5.74) is 0. The summed E-state index contributed by atoms with van der Waals surface area (Å²) in [5.74, 6) is 1.93. The SMILES string of the molecule is CCn1c(C)nnc1CN(C)[C@@H]1CCN(C[C@@H](C#N)CCC#N)C1. The summed E-state index contributed by atoms with van der Waals surface area (Å²) in [6, 6.07) is 4.94. The van der Waals surface area contributed by atoms with E-state index in [1.165, 1.54) is 0 Å². The van der Waals surface area contributed by atoms with E-state index in [1.54, 1.807) is 0 Å². The number of nitrogens with zero attached hydrogens (tertiary/aromatic N) is 7. The Labute approximate surface area is 144 Å². The third kappa shape index (κ3) is 4.53. The Morgan fingerprint density at radius 2 is 2.17 bits per heavy atom. The first kappa shape index (κ1) is 18.4. The molecule has 1 aromatic heterocycles. The molecule has 2 atom stereocenters. The van der Waals surface area contributed by atoms with E-state index in [1.807, 2.05) is 6.92 Å². The summed E-state index contributed by atoms with van der Waals surface area (Å²) in [6.45, 7) is 8.54. The Balaban J connectivity index is 1.86. The van der Waals surface area contributed by atoms with Gasteiger partial charge in [0.1, 0.15) is 11.6 Å². The Kier molecular flexibility index (Phi) is 6.72. The highest BCUT2D eigenvalue weighted by Crippen LogP contribution is 2.19. The number of hydrogen-bond donors (Lipinski definition) is 0. The second-order valence-electron chi connectivity index (χ2n) is 6.55. The van der Waals surface area contributed by atoms with Crippen LogP contribution in [0.1, 0.15) is 37.8 Å². The van der Waals surface area contributed by atoms with Gasteiger partial charge in [-0.2, -0.15) is 10.5 Å². The molecule has 0 aliphatic carbocycles. The second-order valence-corrected chi connectivity index (χ2v) is 6.55. The molecule has 2 rings (SSSR count). The predicted molar refractivity (Wildman–Crippen MR) is 90.7 cm³/mol. The number of likely N-dealkylation sites (tertiary alicyclic amines) is 1. The first-order chi connectivity index (χ1) is 11.6. The Hall–Kier alpha value is -1.96. The van der Waals surface area contributed by atoms with Gasteiger partial charge < -0.3 is 9.47 Å². The smallest absolute Gasteiger partial charge is 0.147 e. The standard InChI is InChI=1S/C17H27N7/c1-4-24-14(2)20-21-17(24)13-22(3)16-7-9-23(12-16)11-15(10-19)6-5-8-18/h15-16H,4-7,9,11-13H2,1-3H3/t15-,16-/m1/s1. The highest BCUT2D eigenvalue weighted by molar-refractivity contribution is 4.96. The first-order valence-electron chi connectivity index (χ1n) is 8.66. The number of aryl methyl sites for hydroxylation is 1. The molecule has 1 aliphatic rings. The maximum absolute atomic E-state index is 9.23. The number of aromatic nitrogens is 3. The maximum Gasteiger partial charge on any atom is 0.147 e. The van der Waals surface area contributed by atoms with Crippen LogP contribution in [0.3, 0.4) is 0 Å². The van der Waals surface area contributed by atoms with Crippen molar-refractivity contribution in [3.8, 4) is 12.1 Å². The van der Waals surface area contributed by atoms with Crippen LogP contribution in [-0.4, -0.2) is 57.3 Å². The quantitative estimate of drug-likeness (QED) is 0.719. The molecule has 1 aliphatic heterocycles. The van der Waals surface area contributed by atoms with Gasteiger partial charge in [-0.25, -0.2) is 0 Å². The van der Waals surface area contributed by atoms with Crippen LogP contribution in [0.4, 0.5) is 0 Å². The third-order valence-electron chi connectivity index (χ3n) is 4.86. The van der Waals surface area contributed by atoms with Crippen molar-refractivity contribution in [1.82, 2.24) is 24.6 Å². The molecule has 0 saturated carbocycles. The second kappa shape index (κ2) is 8.77. The van der Waals surface area contributed by atoms with Gasteiger partial charge in [0, 0.05) is 32.1 Å². The van der Waals surface area contributed by atoms with E-state index in [9.17, 15) is 5.26 Å². The van der Waals surface area contributed by atoms with Crippen molar-refractivity contribution in [3.63, 3.8) is 0 Å². The Morgan fingerprint density at radius 1 is 1.38 bits per heavy atom. The fourth-order valence-electron chi connectivity index (χ4n) is 3.39. The fraction of sp³-hybridized carbons (Fsp3) is 0.765. The molecule has 7 heteroatoms. The number of rotatable bonds is 8. The maximum atomic E-state index is 9.23. The Bertz CT molecular complexity index is 609. The zero-order chi connectivity index (χ0) is 17.5. The van der Waals surface area contributed by atoms with Crippen LogP contribution >= 0.6 is 0 Å². The normalized spacial score (nSPS) is 19.3. The predicted octanol–water partition coefficient (Wildman–Crippen LogP) is 1.56. The molecule has 0 unspecified atom stereocenters. The van der Waals surface area contributed by atoms with Crippen molar-refractivity contribution < 1.29 is 0 Å². The summed E-state index contributed by atoms with van der Waals surface area (Å²) >= 11 is 0. The van der Waals surface area contributed by atoms with Crippen molar-refractivity contribution in [2.45, 2.75) is 52.2 Å². The zero-order valence-electron chi connectivity index (χ0n) is 14.9. The summed E-state index contributed by atoms with van der Waals surface area (Å²) in [4.78, 5) is 4.69. The van der Waals surface area contributed by atoms with Gasteiger partial charge in [0.2, 0.25) is 0 Å². The molecule has 1 aromatic rings. The van der Waals surface area contributed by atoms with E-state index in [2.05, 4.69) is 50.7 Å². The summed E-state index contributed by atoms with van der Waals surface area (Å²) < 4.78 is 2.15.